The Bertz CT molecular complexity index is 335. The van der Waals surface area contributed by atoms with Gasteiger partial charge < -0.3 is 10.1 Å². The Morgan fingerprint density at radius 1 is 1.24 bits per heavy atom. The Kier molecular flexibility index (Phi) is 4.41. The van der Waals surface area contributed by atoms with Crippen LogP contribution in [0, 0.1) is 0 Å². The first-order valence-electron chi connectivity index (χ1n) is 6.44. The van der Waals surface area contributed by atoms with Gasteiger partial charge in [0.05, 0.1) is 11.9 Å². The lowest BCUT2D eigenvalue weighted by atomic mass is 9.90. The van der Waals surface area contributed by atoms with Gasteiger partial charge in [0.25, 0.3) is 0 Å². The van der Waals surface area contributed by atoms with Crippen LogP contribution < -0.4 is 10.0 Å². The average molecular weight is 262 g/mol. The van der Waals surface area contributed by atoms with Crippen molar-refractivity contribution in [1.82, 2.24) is 10.0 Å². The third kappa shape index (κ3) is 4.54. The van der Waals surface area contributed by atoms with Crippen LogP contribution in [0.3, 0.4) is 0 Å². The first kappa shape index (κ1) is 13.3. The first-order chi connectivity index (χ1) is 8.09. The number of nitrogens with one attached hydrogen (secondary N) is 2. The van der Waals surface area contributed by atoms with E-state index in [0.717, 1.165) is 12.8 Å². The van der Waals surface area contributed by atoms with Crippen molar-refractivity contribution in [2.24, 2.45) is 0 Å². The summed E-state index contributed by atoms with van der Waals surface area (Å²) >= 11 is 0. The standard InChI is InChI=1S/C11H22N2O3S/c1-2-16-11-7-10(8-11)13-17(14,15)6-5-12-9-3-4-9/h9-13H,2-8H2,1H3. The van der Waals surface area contributed by atoms with Gasteiger partial charge in [0.15, 0.2) is 0 Å². The zero-order valence-corrected chi connectivity index (χ0v) is 11.1. The molecule has 2 aliphatic carbocycles. The third-order valence-corrected chi connectivity index (χ3v) is 4.66. The average Bonchev–Trinajstić information content (AvgIpc) is 2.98. The predicted molar refractivity (Wildman–Crippen MR) is 66.4 cm³/mol. The second kappa shape index (κ2) is 5.65. The van der Waals surface area contributed by atoms with E-state index in [4.69, 9.17) is 4.74 Å². The smallest absolute Gasteiger partial charge is 0.213 e. The number of sulfonamides is 1. The number of rotatable bonds is 8. The Morgan fingerprint density at radius 2 is 1.94 bits per heavy atom. The number of hydrogen-bond donors (Lipinski definition) is 2. The van der Waals surface area contributed by atoms with E-state index in [0.29, 0.717) is 19.2 Å². The Hall–Kier alpha value is -0.170. The van der Waals surface area contributed by atoms with Crippen LogP contribution in [0.5, 0.6) is 0 Å². The summed E-state index contributed by atoms with van der Waals surface area (Å²) in [6, 6.07) is 0.647. The maximum atomic E-state index is 11.7. The predicted octanol–water partition coefficient (Wildman–Crippen LogP) is 0.225. The van der Waals surface area contributed by atoms with E-state index in [1.807, 2.05) is 6.92 Å². The van der Waals surface area contributed by atoms with Gasteiger partial charge in [-0.2, -0.15) is 0 Å². The van der Waals surface area contributed by atoms with Crippen LogP contribution in [0.4, 0.5) is 0 Å². The molecule has 5 nitrogen and oxygen atoms in total. The Balaban J connectivity index is 1.60. The minimum absolute atomic E-state index is 0.0810. The van der Waals surface area contributed by atoms with Crippen molar-refractivity contribution in [2.45, 2.75) is 50.8 Å². The monoisotopic (exact) mass is 262 g/mol. The highest BCUT2D eigenvalue weighted by atomic mass is 32.2. The van der Waals surface area contributed by atoms with Gasteiger partial charge in [-0.05, 0) is 32.6 Å². The molecule has 2 saturated carbocycles. The molecule has 2 rings (SSSR count). The molecule has 0 aromatic rings. The van der Waals surface area contributed by atoms with Crippen LogP contribution in [0.2, 0.25) is 0 Å². The van der Waals surface area contributed by atoms with E-state index >= 15 is 0 Å². The second-order valence-electron chi connectivity index (χ2n) is 4.91. The van der Waals surface area contributed by atoms with Crippen molar-refractivity contribution in [3.05, 3.63) is 0 Å². The minimum Gasteiger partial charge on any atom is -0.378 e. The Morgan fingerprint density at radius 3 is 2.53 bits per heavy atom. The molecule has 0 atom stereocenters. The lowest BCUT2D eigenvalue weighted by Gasteiger charge is -2.35. The van der Waals surface area contributed by atoms with Crippen molar-refractivity contribution in [3.8, 4) is 0 Å². The van der Waals surface area contributed by atoms with E-state index < -0.39 is 10.0 Å². The van der Waals surface area contributed by atoms with E-state index in [1.165, 1.54) is 12.8 Å². The molecule has 0 bridgehead atoms. The maximum absolute atomic E-state index is 11.7. The zero-order chi connectivity index (χ0) is 12.3. The molecule has 100 valence electrons. The largest absolute Gasteiger partial charge is 0.378 e. The molecular weight excluding hydrogens is 240 g/mol. The summed E-state index contributed by atoms with van der Waals surface area (Å²) in [5, 5.41) is 3.21. The summed E-state index contributed by atoms with van der Waals surface area (Å²) < 4.78 is 31.5. The molecule has 2 N–H and O–H groups in total. The van der Waals surface area contributed by atoms with Crippen molar-refractivity contribution in [1.29, 1.82) is 0 Å². The van der Waals surface area contributed by atoms with E-state index in [9.17, 15) is 8.42 Å². The lowest BCUT2D eigenvalue weighted by molar-refractivity contribution is -0.00475. The van der Waals surface area contributed by atoms with E-state index in [2.05, 4.69) is 10.0 Å². The molecule has 0 spiro atoms. The van der Waals surface area contributed by atoms with Crippen LogP contribution in [0.25, 0.3) is 0 Å². The number of ether oxygens (including phenoxy) is 1. The third-order valence-electron chi connectivity index (χ3n) is 3.22. The van der Waals surface area contributed by atoms with E-state index in [-0.39, 0.29) is 17.9 Å². The Labute approximate surface area is 103 Å². The molecule has 0 aromatic heterocycles. The highest BCUT2D eigenvalue weighted by Crippen LogP contribution is 2.23. The molecule has 17 heavy (non-hydrogen) atoms. The summed E-state index contributed by atoms with van der Waals surface area (Å²) in [5.41, 5.74) is 0. The van der Waals surface area contributed by atoms with Crippen molar-refractivity contribution in [3.63, 3.8) is 0 Å². The van der Waals surface area contributed by atoms with Crippen molar-refractivity contribution < 1.29 is 13.2 Å². The van der Waals surface area contributed by atoms with Gasteiger partial charge in [-0.15, -0.1) is 0 Å². The maximum Gasteiger partial charge on any atom is 0.213 e. The molecule has 0 aliphatic heterocycles. The van der Waals surface area contributed by atoms with Gasteiger partial charge in [-0.3, -0.25) is 0 Å². The van der Waals surface area contributed by atoms with Crippen LogP contribution >= 0.6 is 0 Å². The number of hydrogen-bond acceptors (Lipinski definition) is 4. The van der Waals surface area contributed by atoms with Crippen LogP contribution in [0.1, 0.15) is 32.6 Å². The quantitative estimate of drug-likeness (QED) is 0.657. The molecule has 0 radical (unpaired) electrons. The van der Waals surface area contributed by atoms with Gasteiger partial charge in [0.1, 0.15) is 0 Å². The fourth-order valence-corrected chi connectivity index (χ4v) is 3.24. The molecule has 0 saturated heterocycles. The lowest BCUT2D eigenvalue weighted by Crippen LogP contribution is -2.49. The molecule has 2 fully saturated rings. The fourth-order valence-electron chi connectivity index (χ4n) is 2.03. The SMILES string of the molecule is CCOC1CC(NS(=O)(=O)CCNC2CC2)C1. The molecule has 0 amide bonds. The summed E-state index contributed by atoms with van der Waals surface area (Å²) in [5.74, 6) is 0.180. The van der Waals surface area contributed by atoms with Crippen molar-refractivity contribution in [2.75, 3.05) is 18.9 Å². The normalized spacial score (nSPS) is 29.0. The van der Waals surface area contributed by atoms with Crippen LogP contribution in [-0.4, -0.2) is 45.5 Å². The first-order valence-corrected chi connectivity index (χ1v) is 8.09. The molecule has 6 heteroatoms. The summed E-state index contributed by atoms with van der Waals surface area (Å²) in [4.78, 5) is 0. The zero-order valence-electron chi connectivity index (χ0n) is 10.3. The molecule has 0 aromatic carbocycles. The van der Waals surface area contributed by atoms with Gasteiger partial charge >= 0.3 is 0 Å². The summed E-state index contributed by atoms with van der Waals surface area (Å²) in [7, 11) is -3.12. The highest BCUT2D eigenvalue weighted by Gasteiger charge is 2.32. The van der Waals surface area contributed by atoms with Gasteiger partial charge in [0.2, 0.25) is 10.0 Å². The van der Waals surface area contributed by atoms with Gasteiger partial charge in [-0.1, -0.05) is 0 Å². The topological polar surface area (TPSA) is 67.4 Å². The molecule has 0 heterocycles. The summed E-state index contributed by atoms with van der Waals surface area (Å²) in [6.07, 6.45) is 4.24. The van der Waals surface area contributed by atoms with Crippen molar-refractivity contribution >= 4 is 10.0 Å². The second-order valence-corrected chi connectivity index (χ2v) is 6.78. The minimum atomic E-state index is -3.12. The van der Waals surface area contributed by atoms with Gasteiger partial charge in [0, 0.05) is 25.2 Å². The molecular formula is C11H22N2O3S. The van der Waals surface area contributed by atoms with E-state index in [1.54, 1.807) is 0 Å². The van der Waals surface area contributed by atoms with Crippen LogP contribution in [-0.2, 0) is 14.8 Å². The summed E-state index contributed by atoms with van der Waals surface area (Å²) in [6.45, 7) is 3.22. The fraction of sp³-hybridized carbons (Fsp3) is 1.00. The van der Waals surface area contributed by atoms with Crippen LogP contribution in [0.15, 0.2) is 0 Å². The van der Waals surface area contributed by atoms with Gasteiger partial charge in [-0.25, -0.2) is 13.1 Å². The molecule has 2 aliphatic rings. The highest BCUT2D eigenvalue weighted by molar-refractivity contribution is 7.89. The molecule has 0 unspecified atom stereocenters.